The molecule has 0 saturated heterocycles. The number of carbonyl (C=O) groups excluding carboxylic acids is 1. The van der Waals surface area contributed by atoms with E-state index in [0.717, 1.165) is 16.5 Å². The summed E-state index contributed by atoms with van der Waals surface area (Å²) in [5.74, 6) is -0.0637. The molecular weight excluding hydrogens is 232 g/mol. The van der Waals surface area contributed by atoms with Gasteiger partial charge in [0, 0.05) is 16.7 Å². The van der Waals surface area contributed by atoms with Crippen LogP contribution in [0.1, 0.15) is 15.9 Å². The molecule has 2 rings (SSSR count). The summed E-state index contributed by atoms with van der Waals surface area (Å²) >= 11 is 3.35. The number of carbonyl (C=O) groups is 1. The fourth-order valence-electron chi connectivity index (χ4n) is 1.56. The van der Waals surface area contributed by atoms with Crippen molar-refractivity contribution in [3.05, 3.63) is 27.7 Å². The molecule has 0 aromatic heterocycles. The van der Waals surface area contributed by atoms with Gasteiger partial charge in [0.05, 0.1) is 5.56 Å². The highest BCUT2D eigenvalue weighted by atomic mass is 79.9. The van der Waals surface area contributed by atoms with Crippen LogP contribution in [-0.2, 0) is 6.42 Å². The summed E-state index contributed by atoms with van der Waals surface area (Å²) in [6.07, 6.45) is 0.852. The minimum absolute atomic E-state index is 0.0637. The van der Waals surface area contributed by atoms with E-state index in [0.29, 0.717) is 17.8 Å². The molecule has 0 radical (unpaired) electrons. The molecule has 1 amide bonds. The van der Waals surface area contributed by atoms with Crippen LogP contribution in [0.3, 0.4) is 0 Å². The van der Waals surface area contributed by atoms with Gasteiger partial charge in [-0.05, 0) is 24.1 Å². The number of benzene rings is 1. The molecule has 3 N–H and O–H groups in total. The Labute approximate surface area is 84.4 Å². The van der Waals surface area contributed by atoms with Crippen molar-refractivity contribution in [2.45, 2.75) is 6.42 Å². The van der Waals surface area contributed by atoms with Crippen molar-refractivity contribution >= 4 is 27.5 Å². The number of fused-ring (bicyclic) bond motifs is 1. The van der Waals surface area contributed by atoms with E-state index in [1.54, 1.807) is 6.07 Å². The summed E-state index contributed by atoms with van der Waals surface area (Å²) in [4.78, 5) is 11.4. The molecule has 0 spiro atoms. The first-order valence-electron chi connectivity index (χ1n) is 4.04. The molecule has 0 unspecified atom stereocenters. The van der Waals surface area contributed by atoms with Gasteiger partial charge in [-0.3, -0.25) is 4.79 Å². The van der Waals surface area contributed by atoms with Crippen molar-refractivity contribution in [3.63, 3.8) is 0 Å². The monoisotopic (exact) mass is 240 g/mol. The van der Waals surface area contributed by atoms with E-state index in [4.69, 9.17) is 5.73 Å². The Morgan fingerprint density at radius 2 is 2.23 bits per heavy atom. The second-order valence-electron chi connectivity index (χ2n) is 3.04. The normalized spacial score (nSPS) is 15.0. The molecule has 3 nitrogen and oxygen atoms in total. The summed E-state index contributed by atoms with van der Waals surface area (Å²) in [5.41, 5.74) is 7.94. The van der Waals surface area contributed by atoms with Crippen LogP contribution < -0.4 is 11.1 Å². The molecule has 13 heavy (non-hydrogen) atoms. The summed E-state index contributed by atoms with van der Waals surface area (Å²) < 4.78 is 0.929. The number of nitrogen functional groups attached to an aromatic ring is 1. The van der Waals surface area contributed by atoms with Crippen LogP contribution in [0.25, 0.3) is 0 Å². The average molecular weight is 241 g/mol. The molecule has 0 fully saturated rings. The van der Waals surface area contributed by atoms with Gasteiger partial charge in [0.2, 0.25) is 0 Å². The highest BCUT2D eigenvalue weighted by molar-refractivity contribution is 9.10. The number of halogens is 1. The van der Waals surface area contributed by atoms with E-state index < -0.39 is 0 Å². The number of nitrogens with one attached hydrogen (secondary N) is 1. The van der Waals surface area contributed by atoms with Crippen molar-refractivity contribution in [1.29, 1.82) is 0 Å². The Morgan fingerprint density at radius 1 is 1.46 bits per heavy atom. The molecule has 0 aliphatic carbocycles. The average Bonchev–Trinajstić information content (AvgIpc) is 2.02. The summed E-state index contributed by atoms with van der Waals surface area (Å²) in [6, 6.07) is 3.70. The van der Waals surface area contributed by atoms with Gasteiger partial charge in [0.1, 0.15) is 0 Å². The van der Waals surface area contributed by atoms with Crippen LogP contribution >= 0.6 is 15.9 Å². The smallest absolute Gasteiger partial charge is 0.253 e. The van der Waals surface area contributed by atoms with Crippen LogP contribution in [0.15, 0.2) is 16.6 Å². The van der Waals surface area contributed by atoms with Gasteiger partial charge >= 0.3 is 0 Å². The van der Waals surface area contributed by atoms with Crippen LogP contribution in [0.4, 0.5) is 5.69 Å². The van der Waals surface area contributed by atoms with E-state index in [-0.39, 0.29) is 5.91 Å². The molecule has 1 heterocycles. The van der Waals surface area contributed by atoms with Crippen LogP contribution in [-0.4, -0.2) is 12.5 Å². The minimum Gasteiger partial charge on any atom is -0.398 e. The largest absolute Gasteiger partial charge is 0.398 e. The lowest BCUT2D eigenvalue weighted by Crippen LogP contribution is -2.32. The van der Waals surface area contributed by atoms with E-state index >= 15 is 0 Å². The first-order valence-corrected chi connectivity index (χ1v) is 4.84. The number of nitrogens with two attached hydrogens (primary N) is 1. The lowest BCUT2D eigenvalue weighted by atomic mass is 9.99. The first kappa shape index (κ1) is 8.56. The zero-order valence-corrected chi connectivity index (χ0v) is 8.52. The Kier molecular flexibility index (Phi) is 2.00. The zero-order valence-electron chi connectivity index (χ0n) is 6.93. The maximum Gasteiger partial charge on any atom is 0.253 e. The predicted molar refractivity (Wildman–Crippen MR) is 54.6 cm³/mol. The molecule has 4 heteroatoms. The molecule has 1 aromatic carbocycles. The lowest BCUT2D eigenvalue weighted by molar-refractivity contribution is 0.0947. The third-order valence-corrected chi connectivity index (χ3v) is 2.58. The molecular formula is C9H9BrN2O. The molecule has 0 saturated carbocycles. The van der Waals surface area contributed by atoms with Crippen molar-refractivity contribution < 1.29 is 4.79 Å². The number of hydrogen-bond acceptors (Lipinski definition) is 2. The van der Waals surface area contributed by atoms with E-state index in [9.17, 15) is 4.79 Å². The Balaban J connectivity index is 2.63. The number of rotatable bonds is 0. The topological polar surface area (TPSA) is 55.1 Å². The number of anilines is 1. The molecule has 1 aromatic rings. The SMILES string of the molecule is Nc1cc(Br)cc2c1C(=O)NCC2. The third kappa shape index (κ3) is 1.42. The molecule has 0 atom stereocenters. The fraction of sp³-hybridized carbons (Fsp3) is 0.222. The van der Waals surface area contributed by atoms with Gasteiger partial charge in [-0.1, -0.05) is 15.9 Å². The van der Waals surface area contributed by atoms with Gasteiger partial charge in [0.15, 0.2) is 0 Å². The Hall–Kier alpha value is -1.03. The van der Waals surface area contributed by atoms with Crippen LogP contribution in [0.2, 0.25) is 0 Å². The Bertz CT molecular complexity index is 376. The van der Waals surface area contributed by atoms with Gasteiger partial charge in [0.25, 0.3) is 5.91 Å². The summed E-state index contributed by atoms with van der Waals surface area (Å²) in [6.45, 7) is 0.696. The molecule has 1 aliphatic rings. The van der Waals surface area contributed by atoms with Gasteiger partial charge in [-0.2, -0.15) is 0 Å². The second-order valence-corrected chi connectivity index (χ2v) is 3.95. The third-order valence-electron chi connectivity index (χ3n) is 2.12. The number of amides is 1. The van der Waals surface area contributed by atoms with Gasteiger partial charge in [-0.15, -0.1) is 0 Å². The quantitative estimate of drug-likeness (QED) is 0.673. The van der Waals surface area contributed by atoms with Crippen LogP contribution in [0, 0.1) is 0 Å². The van der Waals surface area contributed by atoms with E-state index in [2.05, 4.69) is 21.2 Å². The molecule has 0 bridgehead atoms. The molecule has 68 valence electrons. The van der Waals surface area contributed by atoms with Crippen molar-refractivity contribution in [2.24, 2.45) is 0 Å². The summed E-state index contributed by atoms with van der Waals surface area (Å²) in [7, 11) is 0. The van der Waals surface area contributed by atoms with Gasteiger partial charge < -0.3 is 11.1 Å². The summed E-state index contributed by atoms with van der Waals surface area (Å²) in [5, 5.41) is 2.76. The van der Waals surface area contributed by atoms with Crippen molar-refractivity contribution in [1.82, 2.24) is 5.32 Å². The first-order chi connectivity index (χ1) is 6.18. The van der Waals surface area contributed by atoms with E-state index in [1.807, 2.05) is 6.07 Å². The number of hydrogen-bond donors (Lipinski definition) is 2. The standard InChI is InChI=1S/C9H9BrN2O/c10-6-3-5-1-2-12-9(13)8(5)7(11)4-6/h3-4H,1-2,11H2,(H,12,13). The molecule has 1 aliphatic heterocycles. The van der Waals surface area contributed by atoms with Crippen molar-refractivity contribution in [2.75, 3.05) is 12.3 Å². The zero-order chi connectivity index (χ0) is 9.42. The van der Waals surface area contributed by atoms with Crippen LogP contribution in [0.5, 0.6) is 0 Å². The maximum absolute atomic E-state index is 11.4. The van der Waals surface area contributed by atoms with Gasteiger partial charge in [-0.25, -0.2) is 0 Å². The van der Waals surface area contributed by atoms with Crippen molar-refractivity contribution in [3.8, 4) is 0 Å². The minimum atomic E-state index is -0.0637. The highest BCUT2D eigenvalue weighted by Crippen LogP contribution is 2.25. The predicted octanol–water partition coefficient (Wildman–Crippen LogP) is 1.32. The second kappa shape index (κ2) is 3.03. The Morgan fingerprint density at radius 3 is 3.00 bits per heavy atom. The maximum atomic E-state index is 11.4. The van der Waals surface area contributed by atoms with E-state index in [1.165, 1.54) is 0 Å². The fourth-order valence-corrected chi connectivity index (χ4v) is 2.08. The highest BCUT2D eigenvalue weighted by Gasteiger charge is 2.19. The lowest BCUT2D eigenvalue weighted by Gasteiger charge is -2.18.